The highest BCUT2D eigenvalue weighted by Crippen LogP contribution is 2.32. The van der Waals surface area contributed by atoms with Gasteiger partial charge in [-0.25, -0.2) is 65.9 Å². The van der Waals surface area contributed by atoms with Crippen molar-refractivity contribution in [1.29, 1.82) is 0 Å². The van der Waals surface area contributed by atoms with E-state index in [1.807, 2.05) is 0 Å². The van der Waals surface area contributed by atoms with Crippen LogP contribution in [-0.2, 0) is 0 Å². The SMILES string of the molecule is C[Si](C)(C)C[B-](c1c(F)c(F)c(F)c(F)c1F)(c1c(F)c(F)c(F)c(F)c1F)c1c(F)c(F)c(F)c(F)c1F. The molecule has 0 atom stereocenters. The van der Waals surface area contributed by atoms with E-state index >= 15 is 26.3 Å². The monoisotopic (exact) mass is 599 g/mol. The minimum Gasteiger partial charge on any atom is -0.207 e. The minimum atomic E-state index is -5.44. The van der Waals surface area contributed by atoms with Gasteiger partial charge in [0.15, 0.2) is 52.4 Å². The first-order chi connectivity index (χ1) is 17.7. The van der Waals surface area contributed by atoms with Crippen LogP contribution in [0.5, 0.6) is 0 Å². The molecule has 3 rings (SSSR count). The lowest BCUT2D eigenvalue weighted by atomic mass is 9.16. The summed E-state index contributed by atoms with van der Waals surface area (Å²) in [5.41, 5.74) is -7.67. The zero-order valence-corrected chi connectivity index (χ0v) is 20.5. The quantitative estimate of drug-likeness (QED) is 0.144. The summed E-state index contributed by atoms with van der Waals surface area (Å²) in [6.45, 7) is 3.23. The Bertz CT molecular complexity index is 1270. The van der Waals surface area contributed by atoms with Crippen LogP contribution in [0.25, 0.3) is 0 Å². The summed E-state index contributed by atoms with van der Waals surface area (Å²) in [7, 11) is -3.61. The second-order valence-electron chi connectivity index (χ2n) is 9.76. The Hall–Kier alpha value is -3.11. The molecular weight excluding hydrogens is 588 g/mol. The maximum atomic E-state index is 15.2. The first kappa shape index (κ1) is 30.4. The van der Waals surface area contributed by atoms with Crippen molar-refractivity contribution < 1.29 is 65.9 Å². The molecule has 0 heterocycles. The molecule has 3 aromatic carbocycles. The number of hydrogen-bond acceptors (Lipinski definition) is 0. The fourth-order valence-corrected chi connectivity index (χ4v) is 7.27. The van der Waals surface area contributed by atoms with Gasteiger partial charge in [0.2, 0.25) is 0 Å². The third kappa shape index (κ3) is 4.37. The molecule has 0 nitrogen and oxygen atoms in total. The maximum Gasteiger partial charge on any atom is 0.200 e. The molecule has 0 amide bonds. The lowest BCUT2D eigenvalue weighted by Crippen LogP contribution is -2.75. The van der Waals surface area contributed by atoms with Crippen LogP contribution in [-0.4, -0.2) is 14.2 Å². The second kappa shape index (κ2) is 9.82. The van der Waals surface area contributed by atoms with E-state index in [4.69, 9.17) is 0 Å². The van der Waals surface area contributed by atoms with Gasteiger partial charge in [0.1, 0.15) is 41.0 Å². The molecule has 0 saturated heterocycles. The van der Waals surface area contributed by atoms with Gasteiger partial charge in [0.25, 0.3) is 0 Å². The standard InChI is InChI=1S/C22H11BF15Si/c1-39(2,3)4-23(5-8(24)14(30)20(36)15(31)9(5)25,6-10(26)16(32)21(37)17(33)11(6)27)7-12(28)18(34)22(38)19(35)13(7)29/h4H2,1-3H3/q-1. The summed E-state index contributed by atoms with van der Waals surface area (Å²) in [6, 6.07) is 0. The Morgan fingerprint density at radius 3 is 0.641 bits per heavy atom. The van der Waals surface area contributed by atoms with E-state index in [2.05, 4.69) is 0 Å². The fourth-order valence-electron chi connectivity index (χ4n) is 4.82. The summed E-state index contributed by atoms with van der Waals surface area (Å²) < 4.78 is 219. The van der Waals surface area contributed by atoms with Crippen molar-refractivity contribution in [3.63, 3.8) is 0 Å². The minimum absolute atomic E-state index is 1.08. The molecule has 0 spiro atoms. The second-order valence-corrected chi connectivity index (χ2v) is 15.3. The van der Waals surface area contributed by atoms with Crippen molar-refractivity contribution in [3.05, 3.63) is 87.3 Å². The normalized spacial score (nSPS) is 12.5. The van der Waals surface area contributed by atoms with Crippen molar-refractivity contribution in [2.75, 3.05) is 0 Å². The van der Waals surface area contributed by atoms with Gasteiger partial charge < -0.3 is 0 Å². The van der Waals surface area contributed by atoms with Crippen molar-refractivity contribution in [2.45, 2.75) is 25.6 Å². The highest BCUT2D eigenvalue weighted by atomic mass is 28.3. The van der Waals surface area contributed by atoms with Gasteiger partial charge in [-0.3, -0.25) is 0 Å². The van der Waals surface area contributed by atoms with Crippen LogP contribution in [0.2, 0.25) is 25.6 Å². The van der Waals surface area contributed by atoms with E-state index in [-0.39, 0.29) is 0 Å². The Labute approximate surface area is 210 Å². The van der Waals surface area contributed by atoms with Gasteiger partial charge in [-0.2, -0.15) is 5.94 Å². The van der Waals surface area contributed by atoms with E-state index in [9.17, 15) is 39.5 Å². The van der Waals surface area contributed by atoms with Crippen molar-refractivity contribution in [3.8, 4) is 0 Å². The average molecular weight is 599 g/mol. The molecule has 0 bridgehead atoms. The molecule has 0 aliphatic rings. The zero-order valence-electron chi connectivity index (χ0n) is 19.5. The summed E-state index contributed by atoms with van der Waals surface area (Å²) in [4.78, 5) is 0. The summed E-state index contributed by atoms with van der Waals surface area (Å²) in [6.07, 6.45) is -5.44. The van der Waals surface area contributed by atoms with Gasteiger partial charge in [-0.15, -0.1) is 16.4 Å². The molecule has 0 unspecified atom stereocenters. The molecule has 0 aliphatic heterocycles. The topological polar surface area (TPSA) is 0 Å². The van der Waals surface area contributed by atoms with Crippen LogP contribution < -0.4 is 16.4 Å². The largest absolute Gasteiger partial charge is 0.207 e. The fraction of sp³-hybridized carbons (Fsp3) is 0.182. The number of halogens is 15. The van der Waals surface area contributed by atoms with Crippen LogP contribution in [0.4, 0.5) is 65.9 Å². The molecule has 0 radical (unpaired) electrons. The maximum absolute atomic E-state index is 15.2. The van der Waals surface area contributed by atoms with E-state index in [1.54, 1.807) is 0 Å². The molecule has 17 heteroatoms. The molecule has 0 aliphatic carbocycles. The Kier molecular flexibility index (Phi) is 7.66. The van der Waals surface area contributed by atoms with Gasteiger partial charge in [0, 0.05) is 8.07 Å². The van der Waals surface area contributed by atoms with E-state index in [0.717, 1.165) is 19.6 Å². The number of benzene rings is 3. The molecule has 0 N–H and O–H groups in total. The van der Waals surface area contributed by atoms with E-state index in [1.165, 1.54) is 0 Å². The predicted octanol–water partition coefficient (Wildman–Crippen LogP) is 6.12. The van der Waals surface area contributed by atoms with E-state index in [0.29, 0.717) is 0 Å². The number of hydrogen-bond donors (Lipinski definition) is 0. The van der Waals surface area contributed by atoms with Crippen LogP contribution in [0.3, 0.4) is 0 Å². The molecule has 0 fully saturated rings. The molecule has 212 valence electrons. The average Bonchev–Trinajstić information content (AvgIpc) is 2.85. The molecular formula is C22H11BF15Si-. The van der Waals surface area contributed by atoms with Crippen molar-refractivity contribution >= 4 is 30.6 Å². The Morgan fingerprint density at radius 1 is 0.333 bits per heavy atom. The first-order valence-electron chi connectivity index (χ1n) is 10.5. The predicted molar refractivity (Wildman–Crippen MR) is 112 cm³/mol. The van der Waals surface area contributed by atoms with Crippen molar-refractivity contribution in [1.82, 2.24) is 0 Å². The van der Waals surface area contributed by atoms with Crippen LogP contribution in [0.15, 0.2) is 0 Å². The Balaban J connectivity index is 2.93. The molecule has 39 heavy (non-hydrogen) atoms. The lowest BCUT2D eigenvalue weighted by Gasteiger charge is -2.47. The zero-order chi connectivity index (χ0) is 30.1. The molecule has 0 saturated carbocycles. The van der Waals surface area contributed by atoms with Gasteiger partial charge in [-0.05, 0) is 0 Å². The number of rotatable bonds is 5. The van der Waals surface area contributed by atoms with Gasteiger partial charge >= 0.3 is 0 Å². The third-order valence-corrected chi connectivity index (χ3v) is 7.97. The Morgan fingerprint density at radius 2 is 0.487 bits per heavy atom. The third-order valence-electron chi connectivity index (χ3n) is 6.13. The molecule has 0 aromatic heterocycles. The lowest BCUT2D eigenvalue weighted by molar-refractivity contribution is 0.379. The molecule has 3 aromatic rings. The first-order valence-corrected chi connectivity index (χ1v) is 14.2. The van der Waals surface area contributed by atoms with Gasteiger partial charge in [-0.1, -0.05) is 19.6 Å². The summed E-state index contributed by atoms with van der Waals surface area (Å²) >= 11 is 0. The van der Waals surface area contributed by atoms with Crippen LogP contribution >= 0.6 is 0 Å². The van der Waals surface area contributed by atoms with Gasteiger partial charge in [0.05, 0.1) is 0 Å². The smallest absolute Gasteiger partial charge is 0.200 e. The highest BCUT2D eigenvalue weighted by Gasteiger charge is 2.49. The van der Waals surface area contributed by atoms with E-state index < -0.39 is 124 Å². The van der Waals surface area contributed by atoms with Crippen LogP contribution in [0, 0.1) is 87.3 Å². The van der Waals surface area contributed by atoms with Crippen LogP contribution in [0.1, 0.15) is 0 Å². The van der Waals surface area contributed by atoms with Crippen molar-refractivity contribution in [2.24, 2.45) is 0 Å². The summed E-state index contributed by atoms with van der Waals surface area (Å²) in [5.74, 6) is -46.2. The summed E-state index contributed by atoms with van der Waals surface area (Å²) in [5, 5.41) is 0. The highest BCUT2D eigenvalue weighted by molar-refractivity contribution is 7.17.